The first-order valence-corrected chi connectivity index (χ1v) is 9.03. The van der Waals surface area contributed by atoms with Crippen molar-refractivity contribution in [3.8, 4) is 11.4 Å². The van der Waals surface area contributed by atoms with Gasteiger partial charge in [0.05, 0.1) is 0 Å². The van der Waals surface area contributed by atoms with E-state index in [4.69, 9.17) is 16.1 Å². The van der Waals surface area contributed by atoms with Crippen LogP contribution in [0.1, 0.15) is 35.9 Å². The number of halogens is 2. The number of aromatic nitrogens is 2. The van der Waals surface area contributed by atoms with E-state index in [0.717, 1.165) is 11.1 Å². The van der Waals surface area contributed by atoms with Gasteiger partial charge in [0.2, 0.25) is 17.6 Å². The molecule has 0 spiro atoms. The molecular weight excluding hydrogens is 369 g/mol. The minimum atomic E-state index is -0.409. The van der Waals surface area contributed by atoms with Crippen molar-refractivity contribution in [3.05, 3.63) is 70.3 Å². The molecule has 2 aromatic carbocycles. The fraction of sp³-hybridized carbons (Fsp3) is 0.250. The SMILES string of the molecule is Cc1cccc(-c2noc(C3CCC(=O)N3Cc3ccc(F)cc3Cl)n2)c1. The van der Waals surface area contributed by atoms with Gasteiger partial charge in [-0.2, -0.15) is 4.98 Å². The summed E-state index contributed by atoms with van der Waals surface area (Å²) in [7, 11) is 0. The summed E-state index contributed by atoms with van der Waals surface area (Å²) in [5.74, 6) is 0.465. The summed E-state index contributed by atoms with van der Waals surface area (Å²) < 4.78 is 18.7. The molecule has 1 amide bonds. The number of aryl methyl sites for hydroxylation is 1. The van der Waals surface area contributed by atoms with Crippen molar-refractivity contribution in [1.82, 2.24) is 15.0 Å². The maximum atomic E-state index is 13.3. The van der Waals surface area contributed by atoms with Gasteiger partial charge in [-0.05, 0) is 37.1 Å². The number of carbonyl (C=O) groups excluding carboxylic acids is 1. The molecule has 2 heterocycles. The fourth-order valence-corrected chi connectivity index (χ4v) is 3.52. The monoisotopic (exact) mass is 385 g/mol. The number of hydrogen-bond acceptors (Lipinski definition) is 4. The number of likely N-dealkylation sites (tertiary alicyclic amines) is 1. The van der Waals surface area contributed by atoms with Crippen LogP contribution in [0.5, 0.6) is 0 Å². The third-order valence-electron chi connectivity index (χ3n) is 4.69. The number of benzene rings is 2. The largest absolute Gasteiger partial charge is 0.337 e. The smallest absolute Gasteiger partial charge is 0.249 e. The standard InChI is InChI=1S/C20H17ClFN3O2/c1-12-3-2-4-13(9-12)19-23-20(27-24-19)17-7-8-18(26)25(17)11-14-5-6-15(22)10-16(14)21/h2-6,9-10,17H,7-8,11H2,1H3. The second-order valence-corrected chi connectivity index (χ2v) is 7.04. The summed E-state index contributed by atoms with van der Waals surface area (Å²) in [4.78, 5) is 18.5. The van der Waals surface area contributed by atoms with Crippen molar-refractivity contribution in [2.45, 2.75) is 32.4 Å². The third kappa shape index (κ3) is 3.57. The van der Waals surface area contributed by atoms with Crippen molar-refractivity contribution >= 4 is 17.5 Å². The molecule has 1 aliphatic rings. The molecular formula is C20H17ClFN3O2. The van der Waals surface area contributed by atoms with Crippen molar-refractivity contribution < 1.29 is 13.7 Å². The highest BCUT2D eigenvalue weighted by Gasteiger charge is 2.36. The number of nitrogens with zero attached hydrogens (tertiary/aromatic N) is 3. The fourth-order valence-electron chi connectivity index (χ4n) is 3.29. The molecule has 1 fully saturated rings. The summed E-state index contributed by atoms with van der Waals surface area (Å²) in [6.07, 6.45) is 0.985. The lowest BCUT2D eigenvalue weighted by molar-refractivity contribution is -0.129. The van der Waals surface area contributed by atoms with E-state index in [1.54, 1.807) is 11.0 Å². The molecule has 0 saturated carbocycles. The molecule has 138 valence electrons. The molecule has 1 saturated heterocycles. The molecule has 5 nitrogen and oxygen atoms in total. The van der Waals surface area contributed by atoms with E-state index in [1.807, 2.05) is 31.2 Å². The van der Waals surface area contributed by atoms with Gasteiger partial charge in [0.25, 0.3) is 0 Å². The summed E-state index contributed by atoms with van der Waals surface area (Å²) in [5, 5.41) is 4.36. The molecule has 0 radical (unpaired) electrons. The summed E-state index contributed by atoms with van der Waals surface area (Å²) in [6.45, 7) is 2.26. The summed E-state index contributed by atoms with van der Waals surface area (Å²) in [5.41, 5.74) is 2.64. The maximum absolute atomic E-state index is 13.3. The van der Waals surface area contributed by atoms with Gasteiger partial charge in [0.15, 0.2) is 0 Å². The van der Waals surface area contributed by atoms with Crippen molar-refractivity contribution in [2.75, 3.05) is 0 Å². The van der Waals surface area contributed by atoms with Crippen LogP contribution in [0.15, 0.2) is 47.0 Å². The van der Waals surface area contributed by atoms with Crippen LogP contribution in [0.4, 0.5) is 4.39 Å². The van der Waals surface area contributed by atoms with Crippen molar-refractivity contribution in [1.29, 1.82) is 0 Å². The van der Waals surface area contributed by atoms with Crippen LogP contribution in [-0.2, 0) is 11.3 Å². The van der Waals surface area contributed by atoms with E-state index in [-0.39, 0.29) is 18.5 Å². The van der Waals surface area contributed by atoms with E-state index in [1.165, 1.54) is 12.1 Å². The highest BCUT2D eigenvalue weighted by Crippen LogP contribution is 2.35. The normalized spacial score (nSPS) is 16.9. The Morgan fingerprint density at radius 3 is 2.93 bits per heavy atom. The lowest BCUT2D eigenvalue weighted by atomic mass is 10.1. The molecule has 0 aliphatic carbocycles. The van der Waals surface area contributed by atoms with Gasteiger partial charge in [-0.1, -0.05) is 46.6 Å². The van der Waals surface area contributed by atoms with Crippen LogP contribution in [-0.4, -0.2) is 20.9 Å². The van der Waals surface area contributed by atoms with Gasteiger partial charge < -0.3 is 9.42 Å². The highest BCUT2D eigenvalue weighted by atomic mass is 35.5. The van der Waals surface area contributed by atoms with Crippen molar-refractivity contribution in [3.63, 3.8) is 0 Å². The van der Waals surface area contributed by atoms with E-state index in [0.29, 0.717) is 35.1 Å². The van der Waals surface area contributed by atoms with E-state index >= 15 is 0 Å². The quantitative estimate of drug-likeness (QED) is 0.653. The molecule has 1 aromatic heterocycles. The first-order valence-electron chi connectivity index (χ1n) is 8.65. The number of hydrogen-bond donors (Lipinski definition) is 0. The predicted molar refractivity (Wildman–Crippen MR) is 98.4 cm³/mol. The van der Waals surface area contributed by atoms with Gasteiger partial charge in [-0.3, -0.25) is 4.79 Å². The van der Waals surface area contributed by atoms with E-state index in [9.17, 15) is 9.18 Å². The molecule has 27 heavy (non-hydrogen) atoms. The average Bonchev–Trinajstić information content (AvgIpc) is 3.25. The minimum Gasteiger partial charge on any atom is -0.337 e. The highest BCUT2D eigenvalue weighted by molar-refractivity contribution is 6.31. The van der Waals surface area contributed by atoms with Gasteiger partial charge in [0.1, 0.15) is 11.9 Å². The Balaban J connectivity index is 1.60. The van der Waals surface area contributed by atoms with Crippen LogP contribution in [0.25, 0.3) is 11.4 Å². The average molecular weight is 386 g/mol. The topological polar surface area (TPSA) is 59.2 Å². The Bertz CT molecular complexity index is 1000. The van der Waals surface area contributed by atoms with Crippen LogP contribution in [0, 0.1) is 12.7 Å². The van der Waals surface area contributed by atoms with E-state index < -0.39 is 5.82 Å². The Morgan fingerprint density at radius 1 is 1.30 bits per heavy atom. The van der Waals surface area contributed by atoms with Crippen molar-refractivity contribution in [2.24, 2.45) is 0 Å². The minimum absolute atomic E-state index is 0.0179. The Labute approximate surface area is 160 Å². The van der Waals surface area contributed by atoms with Gasteiger partial charge in [-0.25, -0.2) is 4.39 Å². The zero-order chi connectivity index (χ0) is 19.0. The zero-order valence-electron chi connectivity index (χ0n) is 14.7. The van der Waals surface area contributed by atoms with Crippen LogP contribution >= 0.6 is 11.6 Å². The molecule has 4 rings (SSSR count). The molecule has 0 N–H and O–H groups in total. The molecule has 1 unspecified atom stereocenters. The molecule has 3 aromatic rings. The van der Waals surface area contributed by atoms with E-state index in [2.05, 4.69) is 10.1 Å². The Hall–Kier alpha value is -2.73. The lowest BCUT2D eigenvalue weighted by Gasteiger charge is -2.22. The number of rotatable bonds is 4. The summed E-state index contributed by atoms with van der Waals surface area (Å²) >= 11 is 6.12. The summed E-state index contributed by atoms with van der Waals surface area (Å²) in [6, 6.07) is 11.7. The second kappa shape index (κ2) is 7.12. The maximum Gasteiger partial charge on any atom is 0.249 e. The Kier molecular flexibility index (Phi) is 4.66. The predicted octanol–water partition coefficient (Wildman–Crippen LogP) is 4.70. The van der Waals surface area contributed by atoms with Crippen LogP contribution < -0.4 is 0 Å². The molecule has 1 aliphatic heterocycles. The van der Waals surface area contributed by atoms with Crippen LogP contribution in [0.2, 0.25) is 5.02 Å². The van der Waals surface area contributed by atoms with Gasteiger partial charge >= 0.3 is 0 Å². The first-order chi connectivity index (χ1) is 13.0. The number of carbonyl (C=O) groups is 1. The molecule has 0 bridgehead atoms. The third-order valence-corrected chi connectivity index (χ3v) is 5.04. The molecule has 1 atom stereocenters. The second-order valence-electron chi connectivity index (χ2n) is 6.64. The van der Waals surface area contributed by atoms with Gasteiger partial charge in [0, 0.05) is 23.6 Å². The zero-order valence-corrected chi connectivity index (χ0v) is 15.4. The lowest BCUT2D eigenvalue weighted by Crippen LogP contribution is -2.27. The van der Waals surface area contributed by atoms with Gasteiger partial charge in [-0.15, -0.1) is 0 Å². The van der Waals surface area contributed by atoms with Crippen LogP contribution in [0.3, 0.4) is 0 Å². The number of amides is 1. The Morgan fingerprint density at radius 2 is 2.15 bits per heavy atom. The molecule has 7 heteroatoms. The first kappa shape index (κ1) is 17.7.